The molecule has 0 saturated heterocycles. The highest BCUT2D eigenvalue weighted by atomic mass is 16.4. The van der Waals surface area contributed by atoms with Crippen LogP contribution in [-0.2, 0) is 4.79 Å². The predicted molar refractivity (Wildman–Crippen MR) is 71.3 cm³/mol. The molecule has 0 aliphatic rings. The molecule has 100 valence electrons. The first kappa shape index (κ1) is 16.1. The van der Waals surface area contributed by atoms with Crippen LogP contribution < -0.4 is 0 Å². The summed E-state index contributed by atoms with van der Waals surface area (Å²) >= 11 is 0. The fraction of sp³-hybridized carbons (Fsp3) is 0.769. The van der Waals surface area contributed by atoms with Crippen LogP contribution in [0.5, 0.6) is 0 Å². The monoisotopic (exact) mass is 242 g/mol. The van der Waals surface area contributed by atoms with E-state index in [1.165, 1.54) is 0 Å². The van der Waals surface area contributed by atoms with Crippen molar-refractivity contribution in [3.8, 4) is 0 Å². The average molecular weight is 242 g/mol. The standard InChI is InChI=1S/C13H26N2O2/c1-5-14(6-2)9-8-10-15(7-3)11-12(4)13(16)17/h4-11H2,1-3H3,(H,16,17). The van der Waals surface area contributed by atoms with Gasteiger partial charge in [0.25, 0.3) is 0 Å². The molecule has 0 heterocycles. The Hall–Kier alpha value is -0.870. The molecule has 0 rings (SSSR count). The van der Waals surface area contributed by atoms with Crippen LogP contribution in [0.1, 0.15) is 27.2 Å². The second kappa shape index (κ2) is 9.19. The summed E-state index contributed by atoms with van der Waals surface area (Å²) in [5.41, 5.74) is 0.273. The molecule has 0 radical (unpaired) electrons. The number of carbonyl (C=O) groups is 1. The third-order valence-corrected chi connectivity index (χ3v) is 3.01. The van der Waals surface area contributed by atoms with Crippen LogP contribution in [0, 0.1) is 0 Å². The molecule has 0 atom stereocenters. The van der Waals surface area contributed by atoms with Crippen LogP contribution in [-0.4, -0.2) is 60.1 Å². The summed E-state index contributed by atoms with van der Waals surface area (Å²) in [5.74, 6) is -0.896. The van der Waals surface area contributed by atoms with Gasteiger partial charge in [-0.15, -0.1) is 0 Å². The Morgan fingerprint density at radius 3 is 1.94 bits per heavy atom. The summed E-state index contributed by atoms with van der Waals surface area (Å²) in [4.78, 5) is 15.2. The molecule has 4 nitrogen and oxygen atoms in total. The van der Waals surface area contributed by atoms with Crippen molar-refractivity contribution >= 4 is 5.97 Å². The maximum absolute atomic E-state index is 10.7. The van der Waals surface area contributed by atoms with Crippen LogP contribution >= 0.6 is 0 Å². The van der Waals surface area contributed by atoms with Crippen LogP contribution in [0.2, 0.25) is 0 Å². The van der Waals surface area contributed by atoms with Crippen LogP contribution in [0.25, 0.3) is 0 Å². The van der Waals surface area contributed by atoms with Gasteiger partial charge in [-0.2, -0.15) is 0 Å². The van der Waals surface area contributed by atoms with Crippen molar-refractivity contribution in [1.82, 2.24) is 9.80 Å². The normalized spacial score (nSPS) is 11.1. The molecule has 0 aromatic carbocycles. The second-order valence-electron chi connectivity index (χ2n) is 4.16. The van der Waals surface area contributed by atoms with Crippen molar-refractivity contribution in [2.45, 2.75) is 27.2 Å². The topological polar surface area (TPSA) is 43.8 Å². The molecule has 0 amide bonds. The SMILES string of the molecule is C=C(CN(CC)CCCN(CC)CC)C(=O)O. The Morgan fingerprint density at radius 2 is 1.53 bits per heavy atom. The molecule has 4 heteroatoms. The summed E-state index contributed by atoms with van der Waals surface area (Å²) in [5, 5.41) is 8.78. The lowest BCUT2D eigenvalue weighted by Gasteiger charge is -2.23. The first-order valence-corrected chi connectivity index (χ1v) is 6.40. The number of rotatable bonds is 10. The van der Waals surface area contributed by atoms with Gasteiger partial charge in [-0.1, -0.05) is 27.4 Å². The molecule has 0 bridgehead atoms. The molecular weight excluding hydrogens is 216 g/mol. The van der Waals surface area contributed by atoms with E-state index in [-0.39, 0.29) is 5.57 Å². The summed E-state index contributed by atoms with van der Waals surface area (Å²) < 4.78 is 0. The Kier molecular flexibility index (Phi) is 8.72. The van der Waals surface area contributed by atoms with Crippen molar-refractivity contribution in [3.63, 3.8) is 0 Å². The minimum absolute atomic E-state index is 0.273. The maximum atomic E-state index is 10.7. The third kappa shape index (κ3) is 7.13. The summed E-state index contributed by atoms with van der Waals surface area (Å²) in [6.07, 6.45) is 1.07. The number of hydrogen-bond acceptors (Lipinski definition) is 3. The smallest absolute Gasteiger partial charge is 0.332 e. The highest BCUT2D eigenvalue weighted by molar-refractivity contribution is 5.86. The molecule has 0 aromatic heterocycles. The number of aliphatic carboxylic acids is 1. The molecule has 0 spiro atoms. The molecule has 0 aliphatic heterocycles. The number of carboxylic acid groups (broad SMARTS) is 1. The summed E-state index contributed by atoms with van der Waals surface area (Å²) in [6, 6.07) is 0. The van der Waals surface area contributed by atoms with E-state index in [2.05, 4.69) is 30.2 Å². The Labute approximate surface area is 105 Å². The van der Waals surface area contributed by atoms with Gasteiger partial charge in [0.2, 0.25) is 0 Å². The van der Waals surface area contributed by atoms with Gasteiger partial charge in [-0.25, -0.2) is 4.79 Å². The lowest BCUT2D eigenvalue weighted by Crippen LogP contribution is -2.32. The summed E-state index contributed by atoms with van der Waals surface area (Å²) in [6.45, 7) is 15.4. The zero-order chi connectivity index (χ0) is 13.3. The summed E-state index contributed by atoms with van der Waals surface area (Å²) in [7, 11) is 0. The van der Waals surface area contributed by atoms with E-state index in [4.69, 9.17) is 5.11 Å². The van der Waals surface area contributed by atoms with Crippen molar-refractivity contribution in [2.75, 3.05) is 39.3 Å². The molecule has 0 unspecified atom stereocenters. The minimum Gasteiger partial charge on any atom is -0.478 e. The fourth-order valence-electron chi connectivity index (χ4n) is 1.74. The van der Waals surface area contributed by atoms with Crippen molar-refractivity contribution < 1.29 is 9.90 Å². The van der Waals surface area contributed by atoms with E-state index >= 15 is 0 Å². The van der Waals surface area contributed by atoms with Gasteiger partial charge in [0.05, 0.1) is 0 Å². The average Bonchev–Trinajstić information content (AvgIpc) is 2.32. The molecule has 0 aromatic rings. The Bertz CT molecular complexity index is 238. The van der Waals surface area contributed by atoms with E-state index in [1.807, 2.05) is 6.92 Å². The molecular formula is C13H26N2O2. The first-order valence-electron chi connectivity index (χ1n) is 6.40. The van der Waals surface area contributed by atoms with E-state index in [9.17, 15) is 4.79 Å². The van der Waals surface area contributed by atoms with Crippen LogP contribution in [0.15, 0.2) is 12.2 Å². The molecule has 0 fully saturated rings. The Balaban J connectivity index is 3.90. The van der Waals surface area contributed by atoms with Crippen LogP contribution in [0.4, 0.5) is 0 Å². The quantitative estimate of drug-likeness (QED) is 0.592. The number of nitrogens with zero attached hydrogens (tertiary/aromatic N) is 2. The van der Waals surface area contributed by atoms with Gasteiger partial charge in [0, 0.05) is 12.1 Å². The largest absolute Gasteiger partial charge is 0.478 e. The van der Waals surface area contributed by atoms with Gasteiger partial charge < -0.3 is 10.0 Å². The van der Waals surface area contributed by atoms with Gasteiger partial charge in [-0.3, -0.25) is 4.90 Å². The predicted octanol–water partition coefficient (Wildman–Crippen LogP) is 1.68. The van der Waals surface area contributed by atoms with E-state index in [0.29, 0.717) is 6.54 Å². The highest BCUT2D eigenvalue weighted by Gasteiger charge is 2.10. The maximum Gasteiger partial charge on any atom is 0.332 e. The lowest BCUT2D eigenvalue weighted by molar-refractivity contribution is -0.132. The lowest BCUT2D eigenvalue weighted by atomic mass is 10.2. The second-order valence-corrected chi connectivity index (χ2v) is 4.16. The van der Waals surface area contributed by atoms with E-state index in [1.54, 1.807) is 0 Å². The molecule has 1 N–H and O–H groups in total. The fourth-order valence-corrected chi connectivity index (χ4v) is 1.74. The number of hydrogen-bond donors (Lipinski definition) is 1. The van der Waals surface area contributed by atoms with Gasteiger partial charge >= 0.3 is 5.97 Å². The molecule has 0 saturated carbocycles. The molecule has 17 heavy (non-hydrogen) atoms. The van der Waals surface area contributed by atoms with Gasteiger partial charge in [-0.05, 0) is 39.1 Å². The zero-order valence-corrected chi connectivity index (χ0v) is 11.4. The zero-order valence-electron chi connectivity index (χ0n) is 11.4. The highest BCUT2D eigenvalue weighted by Crippen LogP contribution is 2.00. The number of likely N-dealkylation sites (N-methyl/N-ethyl adjacent to an activating group) is 1. The van der Waals surface area contributed by atoms with Crippen molar-refractivity contribution in [2.24, 2.45) is 0 Å². The van der Waals surface area contributed by atoms with Crippen LogP contribution in [0.3, 0.4) is 0 Å². The van der Waals surface area contributed by atoms with Crippen molar-refractivity contribution in [3.05, 3.63) is 12.2 Å². The minimum atomic E-state index is -0.896. The third-order valence-electron chi connectivity index (χ3n) is 3.01. The molecule has 0 aliphatic carbocycles. The van der Waals surface area contributed by atoms with Gasteiger partial charge in [0.15, 0.2) is 0 Å². The van der Waals surface area contributed by atoms with Gasteiger partial charge in [0.1, 0.15) is 0 Å². The number of carboxylic acids is 1. The Morgan fingerprint density at radius 1 is 1.06 bits per heavy atom. The van der Waals surface area contributed by atoms with Crippen molar-refractivity contribution in [1.29, 1.82) is 0 Å². The van der Waals surface area contributed by atoms with E-state index < -0.39 is 5.97 Å². The first-order chi connectivity index (χ1) is 8.04. The van der Waals surface area contributed by atoms with E-state index in [0.717, 1.165) is 39.1 Å².